The van der Waals surface area contributed by atoms with Crippen LogP contribution in [0.15, 0.2) is 4.99 Å². The van der Waals surface area contributed by atoms with Gasteiger partial charge in [0.1, 0.15) is 0 Å². The van der Waals surface area contributed by atoms with E-state index in [0.717, 1.165) is 25.0 Å². The molecule has 0 radical (unpaired) electrons. The van der Waals surface area contributed by atoms with Gasteiger partial charge < -0.3 is 0 Å². The maximum Gasteiger partial charge on any atom is 0.246 e. The second-order valence-electron chi connectivity index (χ2n) is 5.81. The number of rotatable bonds is 8. The van der Waals surface area contributed by atoms with Gasteiger partial charge in [0.2, 0.25) is 11.8 Å². The molecule has 0 fully saturated rings. The fourth-order valence-electron chi connectivity index (χ4n) is 2.45. The maximum atomic E-state index is 12.1. The Hall–Kier alpha value is -1.39. The van der Waals surface area contributed by atoms with Crippen LogP contribution in [0.4, 0.5) is 0 Å². The number of hydrogen-bond acceptors (Lipinski definition) is 3. The highest BCUT2D eigenvalue weighted by atomic mass is 16.2. The van der Waals surface area contributed by atoms with Gasteiger partial charge in [-0.1, -0.05) is 39.5 Å². The fourth-order valence-corrected chi connectivity index (χ4v) is 2.45. The van der Waals surface area contributed by atoms with Crippen LogP contribution < -0.4 is 5.43 Å². The lowest BCUT2D eigenvalue weighted by molar-refractivity contribution is -0.140. The molecule has 1 unspecified atom stereocenters. The standard InChI is InChI=1S/C16H29N3O2/c1-4-6-7-8-9-10-15(20)18-19-12-14(5-2)17-13(3)11-16(19)21/h14H,4-12H2,1-3H3,(H,18,20). The molecule has 1 aliphatic heterocycles. The van der Waals surface area contributed by atoms with Crippen LogP contribution in [0.5, 0.6) is 0 Å². The first kappa shape index (κ1) is 17.7. The smallest absolute Gasteiger partial charge is 0.246 e. The summed E-state index contributed by atoms with van der Waals surface area (Å²) in [5, 5.41) is 1.46. The van der Waals surface area contributed by atoms with E-state index >= 15 is 0 Å². The number of unbranched alkanes of at least 4 members (excludes halogenated alkanes) is 4. The Kier molecular flexibility index (Phi) is 8.01. The van der Waals surface area contributed by atoms with Gasteiger partial charge in [0.05, 0.1) is 19.0 Å². The Bertz CT molecular complexity index is 380. The molecule has 0 aromatic heterocycles. The third-order valence-electron chi connectivity index (χ3n) is 3.74. The first-order valence-electron chi connectivity index (χ1n) is 8.19. The van der Waals surface area contributed by atoms with Gasteiger partial charge in [-0.25, -0.2) is 0 Å². The highest BCUT2D eigenvalue weighted by molar-refractivity contribution is 6.00. The van der Waals surface area contributed by atoms with Crippen molar-refractivity contribution in [2.24, 2.45) is 4.99 Å². The van der Waals surface area contributed by atoms with Crippen molar-refractivity contribution in [3.63, 3.8) is 0 Å². The molecule has 0 aliphatic carbocycles. The number of amides is 2. The van der Waals surface area contributed by atoms with Crippen LogP contribution in [0.3, 0.4) is 0 Å². The van der Waals surface area contributed by atoms with E-state index in [1.165, 1.54) is 24.3 Å². The topological polar surface area (TPSA) is 61.8 Å². The molecule has 5 nitrogen and oxygen atoms in total. The number of aliphatic imine (C=N–C) groups is 1. The third-order valence-corrected chi connectivity index (χ3v) is 3.74. The van der Waals surface area contributed by atoms with Crippen molar-refractivity contribution >= 4 is 17.5 Å². The van der Waals surface area contributed by atoms with Crippen molar-refractivity contribution in [3.05, 3.63) is 0 Å². The Balaban J connectivity index is 2.38. The summed E-state index contributed by atoms with van der Waals surface area (Å²) in [5.74, 6) is -0.124. The van der Waals surface area contributed by atoms with E-state index in [0.29, 0.717) is 19.4 Å². The van der Waals surface area contributed by atoms with Crippen molar-refractivity contribution in [2.45, 2.75) is 78.2 Å². The zero-order valence-corrected chi connectivity index (χ0v) is 13.7. The van der Waals surface area contributed by atoms with Crippen molar-refractivity contribution in [1.82, 2.24) is 10.4 Å². The average Bonchev–Trinajstić information content (AvgIpc) is 2.57. The molecule has 1 heterocycles. The molecular weight excluding hydrogens is 266 g/mol. The van der Waals surface area contributed by atoms with E-state index in [1.54, 1.807) is 0 Å². The molecule has 0 spiro atoms. The van der Waals surface area contributed by atoms with Crippen LogP contribution in [0.2, 0.25) is 0 Å². The van der Waals surface area contributed by atoms with Crippen LogP contribution in [0.25, 0.3) is 0 Å². The van der Waals surface area contributed by atoms with Crippen molar-refractivity contribution < 1.29 is 9.59 Å². The SMILES string of the molecule is CCCCCCCC(=O)NN1CC(CC)N=C(C)CC1=O. The predicted molar refractivity (Wildman–Crippen MR) is 85.0 cm³/mol. The molecule has 21 heavy (non-hydrogen) atoms. The highest BCUT2D eigenvalue weighted by Gasteiger charge is 2.23. The predicted octanol–water partition coefficient (Wildman–Crippen LogP) is 2.85. The second-order valence-corrected chi connectivity index (χ2v) is 5.81. The Morgan fingerprint density at radius 2 is 2.00 bits per heavy atom. The molecular formula is C16H29N3O2. The lowest BCUT2D eigenvalue weighted by Gasteiger charge is -2.23. The van der Waals surface area contributed by atoms with Gasteiger partial charge in [-0.2, -0.15) is 0 Å². The lowest BCUT2D eigenvalue weighted by Crippen LogP contribution is -2.48. The van der Waals surface area contributed by atoms with Gasteiger partial charge in [0.15, 0.2) is 0 Å². The van der Waals surface area contributed by atoms with E-state index in [1.807, 2.05) is 13.8 Å². The van der Waals surface area contributed by atoms with Gasteiger partial charge in [-0.3, -0.25) is 25.0 Å². The number of nitrogens with one attached hydrogen (secondary N) is 1. The maximum absolute atomic E-state index is 12.1. The fraction of sp³-hybridized carbons (Fsp3) is 0.812. The summed E-state index contributed by atoms with van der Waals surface area (Å²) >= 11 is 0. The van der Waals surface area contributed by atoms with Crippen LogP contribution >= 0.6 is 0 Å². The van der Waals surface area contributed by atoms with Crippen LogP contribution in [0, 0.1) is 0 Å². The third kappa shape index (κ3) is 6.74. The zero-order chi connectivity index (χ0) is 15.7. The van der Waals surface area contributed by atoms with E-state index in [-0.39, 0.29) is 17.9 Å². The molecule has 2 amide bonds. The molecule has 0 saturated carbocycles. The monoisotopic (exact) mass is 295 g/mol. The summed E-state index contributed by atoms with van der Waals surface area (Å²) in [6, 6.07) is 0.0845. The van der Waals surface area contributed by atoms with E-state index in [9.17, 15) is 9.59 Å². The number of carbonyl (C=O) groups excluding carboxylic acids is 2. The zero-order valence-electron chi connectivity index (χ0n) is 13.7. The van der Waals surface area contributed by atoms with Crippen LogP contribution in [-0.4, -0.2) is 35.1 Å². The minimum atomic E-state index is -0.0634. The summed E-state index contributed by atoms with van der Waals surface area (Å²) < 4.78 is 0. The Morgan fingerprint density at radius 3 is 2.67 bits per heavy atom. The van der Waals surface area contributed by atoms with Gasteiger partial charge in [0.25, 0.3) is 0 Å². The molecule has 5 heteroatoms. The van der Waals surface area contributed by atoms with E-state index in [2.05, 4.69) is 17.3 Å². The van der Waals surface area contributed by atoms with Gasteiger partial charge in [-0.05, 0) is 19.8 Å². The lowest BCUT2D eigenvalue weighted by atomic mass is 10.1. The summed E-state index contributed by atoms with van der Waals surface area (Å²) in [7, 11) is 0. The van der Waals surface area contributed by atoms with Gasteiger partial charge >= 0.3 is 0 Å². The largest absolute Gasteiger partial charge is 0.289 e. The average molecular weight is 295 g/mol. The van der Waals surface area contributed by atoms with Crippen LogP contribution in [-0.2, 0) is 9.59 Å². The quantitative estimate of drug-likeness (QED) is 0.700. The molecule has 0 aromatic rings. The molecule has 0 saturated heterocycles. The van der Waals surface area contributed by atoms with Crippen molar-refractivity contribution in [3.8, 4) is 0 Å². The van der Waals surface area contributed by atoms with Crippen molar-refractivity contribution in [1.29, 1.82) is 0 Å². The molecule has 1 N–H and O–H groups in total. The second kappa shape index (κ2) is 9.53. The number of nitrogens with zero attached hydrogens (tertiary/aromatic N) is 2. The molecule has 120 valence electrons. The summed E-state index contributed by atoms with van der Waals surface area (Å²) in [5.41, 5.74) is 3.61. The normalized spacial score (nSPS) is 19.2. The van der Waals surface area contributed by atoms with Gasteiger partial charge in [0, 0.05) is 12.1 Å². The highest BCUT2D eigenvalue weighted by Crippen LogP contribution is 2.10. The number of hydrazine groups is 1. The van der Waals surface area contributed by atoms with Crippen molar-refractivity contribution in [2.75, 3.05) is 6.54 Å². The summed E-state index contributed by atoms with van der Waals surface area (Å²) in [6.07, 6.45) is 7.23. The summed E-state index contributed by atoms with van der Waals surface area (Å²) in [4.78, 5) is 28.5. The molecule has 1 rings (SSSR count). The van der Waals surface area contributed by atoms with Gasteiger partial charge in [-0.15, -0.1) is 0 Å². The molecule has 0 aromatic carbocycles. The first-order valence-corrected chi connectivity index (χ1v) is 8.19. The number of carbonyl (C=O) groups is 2. The molecule has 1 aliphatic rings. The summed E-state index contributed by atoms with van der Waals surface area (Å²) in [6.45, 7) is 6.57. The first-order chi connectivity index (χ1) is 10.1. The minimum Gasteiger partial charge on any atom is -0.289 e. The Labute approximate surface area is 128 Å². The number of hydrogen-bond donors (Lipinski definition) is 1. The minimum absolute atomic E-state index is 0.0609. The molecule has 0 bridgehead atoms. The Morgan fingerprint density at radius 1 is 1.29 bits per heavy atom. The van der Waals surface area contributed by atoms with Crippen LogP contribution in [0.1, 0.15) is 72.1 Å². The molecule has 1 atom stereocenters. The van der Waals surface area contributed by atoms with E-state index in [4.69, 9.17) is 0 Å². The van der Waals surface area contributed by atoms with E-state index < -0.39 is 0 Å².